The van der Waals surface area contributed by atoms with Crippen LogP contribution in [0.5, 0.6) is 0 Å². The quantitative estimate of drug-likeness (QED) is 0.674. The number of rotatable bonds is 5. The number of aromatic nitrogens is 2. The van der Waals surface area contributed by atoms with Gasteiger partial charge in [-0.1, -0.05) is 17.8 Å². The van der Waals surface area contributed by atoms with Crippen LogP contribution in [-0.4, -0.2) is 20.8 Å². The number of imidazole rings is 1. The van der Waals surface area contributed by atoms with E-state index < -0.39 is 17.7 Å². The van der Waals surface area contributed by atoms with E-state index in [0.29, 0.717) is 10.9 Å². The van der Waals surface area contributed by atoms with Crippen LogP contribution in [-0.2, 0) is 0 Å². The minimum Gasteiger partial charge on any atom is -0.387 e. The number of halogens is 3. The second kappa shape index (κ2) is 7.11. The van der Waals surface area contributed by atoms with Crippen molar-refractivity contribution < 1.29 is 18.3 Å². The van der Waals surface area contributed by atoms with Gasteiger partial charge in [0.1, 0.15) is 17.5 Å². The molecule has 0 aliphatic heterocycles. The van der Waals surface area contributed by atoms with Crippen LogP contribution in [0.3, 0.4) is 0 Å². The van der Waals surface area contributed by atoms with Gasteiger partial charge >= 0.3 is 0 Å². The molecule has 1 unspecified atom stereocenters. The van der Waals surface area contributed by atoms with Crippen LogP contribution >= 0.6 is 11.8 Å². The molecule has 0 aliphatic rings. The van der Waals surface area contributed by atoms with Gasteiger partial charge in [-0.3, -0.25) is 0 Å². The first-order chi connectivity index (χ1) is 11.5. The molecule has 2 N–H and O–H groups in total. The number of benzene rings is 2. The summed E-state index contributed by atoms with van der Waals surface area (Å²) in [5.74, 6) is -1.64. The Labute approximate surface area is 140 Å². The van der Waals surface area contributed by atoms with Crippen LogP contribution < -0.4 is 0 Å². The van der Waals surface area contributed by atoms with E-state index in [-0.39, 0.29) is 17.1 Å². The van der Waals surface area contributed by atoms with Gasteiger partial charge in [-0.05, 0) is 35.9 Å². The molecular formula is C17H13F3N2OS. The molecule has 7 heteroatoms. The molecule has 0 spiro atoms. The zero-order chi connectivity index (χ0) is 17.1. The lowest BCUT2D eigenvalue weighted by Crippen LogP contribution is -2.04. The van der Waals surface area contributed by atoms with Gasteiger partial charge in [0.05, 0.1) is 18.0 Å². The summed E-state index contributed by atoms with van der Waals surface area (Å²) in [4.78, 5) is 7.21. The predicted molar refractivity (Wildman–Crippen MR) is 86.0 cm³/mol. The van der Waals surface area contributed by atoms with E-state index in [9.17, 15) is 18.3 Å². The highest BCUT2D eigenvalue weighted by atomic mass is 32.2. The van der Waals surface area contributed by atoms with Gasteiger partial charge in [-0.15, -0.1) is 0 Å². The SMILES string of the molecule is OC(CSc1ncc(-c2ccc(F)cc2)[nH]1)c1ccc(F)cc1F. The van der Waals surface area contributed by atoms with Gasteiger partial charge < -0.3 is 10.1 Å². The molecular weight excluding hydrogens is 337 g/mol. The number of hydrogen-bond donors (Lipinski definition) is 2. The number of aliphatic hydroxyl groups excluding tert-OH is 1. The molecule has 124 valence electrons. The fourth-order valence-electron chi connectivity index (χ4n) is 2.17. The minimum atomic E-state index is -1.09. The molecule has 3 aromatic rings. The van der Waals surface area contributed by atoms with Crippen molar-refractivity contribution >= 4 is 11.8 Å². The Bertz CT molecular complexity index is 836. The summed E-state index contributed by atoms with van der Waals surface area (Å²) in [7, 11) is 0. The lowest BCUT2D eigenvalue weighted by Gasteiger charge is -2.10. The average Bonchev–Trinajstić information content (AvgIpc) is 3.02. The molecule has 2 aromatic carbocycles. The molecule has 1 atom stereocenters. The van der Waals surface area contributed by atoms with Gasteiger partial charge in [0.25, 0.3) is 0 Å². The topological polar surface area (TPSA) is 48.9 Å². The molecule has 0 saturated heterocycles. The predicted octanol–water partition coefficient (Wildman–Crippen LogP) is 4.32. The second-order valence-electron chi connectivity index (χ2n) is 5.10. The molecule has 0 radical (unpaired) electrons. The second-order valence-corrected chi connectivity index (χ2v) is 6.11. The van der Waals surface area contributed by atoms with Crippen molar-refractivity contribution in [2.75, 3.05) is 5.75 Å². The molecule has 0 saturated carbocycles. The van der Waals surface area contributed by atoms with Crippen LogP contribution in [0.15, 0.2) is 53.8 Å². The van der Waals surface area contributed by atoms with Crippen LogP contribution in [0, 0.1) is 17.5 Å². The van der Waals surface area contributed by atoms with E-state index >= 15 is 0 Å². The fourth-order valence-corrected chi connectivity index (χ4v) is 2.98. The van der Waals surface area contributed by atoms with Crippen molar-refractivity contribution in [2.24, 2.45) is 0 Å². The summed E-state index contributed by atoms with van der Waals surface area (Å²) >= 11 is 1.20. The van der Waals surface area contributed by atoms with Crippen LogP contribution in [0.25, 0.3) is 11.3 Å². The molecule has 0 amide bonds. The maximum absolute atomic E-state index is 13.6. The Morgan fingerprint density at radius 3 is 2.46 bits per heavy atom. The summed E-state index contributed by atoms with van der Waals surface area (Å²) in [5, 5.41) is 10.6. The van der Waals surface area contributed by atoms with Crippen molar-refractivity contribution in [2.45, 2.75) is 11.3 Å². The lowest BCUT2D eigenvalue weighted by atomic mass is 10.1. The molecule has 3 rings (SSSR count). The normalized spacial score (nSPS) is 12.3. The number of H-pyrrole nitrogens is 1. The molecule has 1 aromatic heterocycles. The first-order valence-corrected chi connectivity index (χ1v) is 8.08. The van der Waals surface area contributed by atoms with Crippen LogP contribution in [0.1, 0.15) is 11.7 Å². The van der Waals surface area contributed by atoms with Crippen molar-refractivity contribution in [1.29, 1.82) is 0 Å². The third kappa shape index (κ3) is 3.80. The smallest absolute Gasteiger partial charge is 0.165 e. The van der Waals surface area contributed by atoms with Gasteiger partial charge in [0.2, 0.25) is 0 Å². The number of hydrogen-bond acceptors (Lipinski definition) is 3. The van der Waals surface area contributed by atoms with Gasteiger partial charge in [0.15, 0.2) is 5.16 Å². The van der Waals surface area contributed by atoms with E-state index in [1.807, 2.05) is 0 Å². The Hall–Kier alpha value is -2.25. The number of aliphatic hydroxyl groups is 1. The largest absolute Gasteiger partial charge is 0.387 e. The molecule has 0 fully saturated rings. The minimum absolute atomic E-state index is 0.0363. The summed E-state index contributed by atoms with van der Waals surface area (Å²) in [6.45, 7) is 0. The monoisotopic (exact) mass is 350 g/mol. The molecule has 24 heavy (non-hydrogen) atoms. The highest BCUT2D eigenvalue weighted by Gasteiger charge is 2.15. The summed E-state index contributed by atoms with van der Waals surface area (Å²) in [6.07, 6.45) is 0.510. The Balaban J connectivity index is 1.65. The van der Waals surface area contributed by atoms with Crippen molar-refractivity contribution in [3.05, 3.63) is 71.7 Å². The van der Waals surface area contributed by atoms with Crippen molar-refractivity contribution in [3.63, 3.8) is 0 Å². The van der Waals surface area contributed by atoms with Crippen molar-refractivity contribution in [3.8, 4) is 11.3 Å². The van der Waals surface area contributed by atoms with E-state index in [0.717, 1.165) is 17.7 Å². The van der Waals surface area contributed by atoms with Gasteiger partial charge in [0, 0.05) is 17.4 Å². The zero-order valence-corrected chi connectivity index (χ0v) is 13.2. The maximum Gasteiger partial charge on any atom is 0.165 e. The first kappa shape index (κ1) is 16.6. The number of thioether (sulfide) groups is 1. The van der Waals surface area contributed by atoms with Crippen LogP contribution in [0.2, 0.25) is 0 Å². The average molecular weight is 350 g/mol. The molecule has 0 bridgehead atoms. The molecule has 0 aliphatic carbocycles. The standard InChI is InChI=1S/C17H13F3N2OS/c18-11-3-1-10(2-4-11)15-8-21-17(22-15)24-9-16(23)13-6-5-12(19)7-14(13)20/h1-8,16,23H,9H2,(H,21,22). The fraction of sp³-hybridized carbons (Fsp3) is 0.118. The van der Waals surface area contributed by atoms with Crippen molar-refractivity contribution in [1.82, 2.24) is 9.97 Å². The first-order valence-electron chi connectivity index (χ1n) is 7.09. The summed E-state index contributed by atoms with van der Waals surface area (Å²) in [5.41, 5.74) is 1.52. The Kier molecular flexibility index (Phi) is 4.92. The van der Waals surface area contributed by atoms with E-state index in [2.05, 4.69) is 9.97 Å². The molecule has 1 heterocycles. The molecule has 3 nitrogen and oxygen atoms in total. The number of nitrogens with zero attached hydrogens (tertiary/aromatic N) is 1. The van der Waals surface area contributed by atoms with E-state index in [4.69, 9.17) is 0 Å². The highest BCUT2D eigenvalue weighted by Crippen LogP contribution is 2.27. The van der Waals surface area contributed by atoms with E-state index in [1.165, 1.54) is 30.0 Å². The summed E-state index contributed by atoms with van der Waals surface area (Å²) < 4.78 is 39.4. The van der Waals surface area contributed by atoms with Gasteiger partial charge in [-0.2, -0.15) is 0 Å². The third-order valence-corrected chi connectivity index (χ3v) is 4.37. The van der Waals surface area contributed by atoms with Crippen LogP contribution in [0.4, 0.5) is 13.2 Å². The highest BCUT2D eigenvalue weighted by molar-refractivity contribution is 7.99. The van der Waals surface area contributed by atoms with Gasteiger partial charge in [-0.25, -0.2) is 18.2 Å². The number of aromatic amines is 1. The number of nitrogens with one attached hydrogen (secondary N) is 1. The Morgan fingerprint density at radius 2 is 1.75 bits per heavy atom. The zero-order valence-electron chi connectivity index (χ0n) is 12.3. The lowest BCUT2D eigenvalue weighted by molar-refractivity contribution is 0.198. The third-order valence-electron chi connectivity index (χ3n) is 3.41. The maximum atomic E-state index is 13.6. The summed E-state index contributed by atoms with van der Waals surface area (Å²) in [6, 6.07) is 9.02. The van der Waals surface area contributed by atoms with E-state index in [1.54, 1.807) is 18.3 Å². The Morgan fingerprint density at radius 1 is 1.04 bits per heavy atom.